The number of hydrogen-bond donors (Lipinski definition) is 2. The maximum atomic E-state index is 11.6. The summed E-state index contributed by atoms with van der Waals surface area (Å²) in [5.74, 6) is -0.295. The van der Waals surface area contributed by atoms with Crippen molar-refractivity contribution in [2.75, 3.05) is 31.1 Å². The van der Waals surface area contributed by atoms with Crippen molar-refractivity contribution in [3.8, 4) is 0 Å². The number of amides is 1. The number of nitrogens with one attached hydrogen (secondary N) is 2. The number of rotatable bonds is 6. The molecule has 0 aliphatic carbocycles. The summed E-state index contributed by atoms with van der Waals surface area (Å²) in [5, 5.41) is 5.92. The molecule has 1 aliphatic heterocycles. The topological polar surface area (TPSA) is 75.3 Å². The van der Waals surface area contributed by atoms with Gasteiger partial charge < -0.3 is 10.6 Å². The van der Waals surface area contributed by atoms with Crippen LogP contribution in [0.15, 0.2) is 0 Å². The van der Waals surface area contributed by atoms with Crippen LogP contribution in [0.5, 0.6) is 0 Å². The summed E-state index contributed by atoms with van der Waals surface area (Å²) in [4.78, 5) is 11.6. The van der Waals surface area contributed by atoms with Gasteiger partial charge in [-0.25, -0.2) is 8.42 Å². The van der Waals surface area contributed by atoms with Crippen LogP contribution in [0.1, 0.15) is 19.8 Å². The maximum Gasteiger partial charge on any atom is 0.224 e. The molecule has 0 saturated carbocycles. The minimum Gasteiger partial charge on any atom is -0.355 e. The molecule has 0 aromatic heterocycles. The number of carbonyl (C=O) groups is 1. The second kappa shape index (κ2) is 7.89. The lowest BCUT2D eigenvalue weighted by Crippen LogP contribution is -2.36. The van der Waals surface area contributed by atoms with Gasteiger partial charge in [0.15, 0.2) is 9.84 Å². The van der Waals surface area contributed by atoms with E-state index in [2.05, 4.69) is 17.6 Å². The van der Waals surface area contributed by atoms with Crippen LogP contribution in [-0.4, -0.2) is 45.5 Å². The Morgan fingerprint density at radius 2 is 2.00 bits per heavy atom. The molecule has 1 heterocycles. The third kappa shape index (κ3) is 6.24. The molecule has 1 rings (SSSR count). The molecule has 1 aliphatic rings. The summed E-state index contributed by atoms with van der Waals surface area (Å²) in [6, 6.07) is 0. The molecule has 0 aromatic carbocycles. The van der Waals surface area contributed by atoms with Crippen LogP contribution in [0.25, 0.3) is 0 Å². The van der Waals surface area contributed by atoms with Crippen LogP contribution < -0.4 is 10.6 Å². The Bertz CT molecular complexity index is 332. The lowest BCUT2D eigenvalue weighted by atomic mass is 10.1. The molecule has 17 heavy (non-hydrogen) atoms. The van der Waals surface area contributed by atoms with Gasteiger partial charge in [0.2, 0.25) is 5.91 Å². The monoisotopic (exact) mass is 284 g/mol. The highest BCUT2D eigenvalue weighted by Crippen LogP contribution is 2.17. The van der Waals surface area contributed by atoms with Gasteiger partial charge in [-0.05, 0) is 19.4 Å². The zero-order valence-electron chi connectivity index (χ0n) is 10.1. The normalized spacial score (nSPS) is 21.8. The molecule has 1 unspecified atom stereocenters. The lowest BCUT2D eigenvalue weighted by molar-refractivity contribution is -0.124. The van der Waals surface area contributed by atoms with Crippen molar-refractivity contribution >= 4 is 28.2 Å². The molecule has 5 nitrogen and oxygen atoms in total. The Hall–Kier alpha value is -0.330. The predicted octanol–water partition coefficient (Wildman–Crippen LogP) is -0.0413. The van der Waals surface area contributed by atoms with Gasteiger partial charge in [0.05, 0.1) is 17.4 Å². The van der Waals surface area contributed by atoms with Crippen LogP contribution in [0.2, 0.25) is 0 Å². The highest BCUT2D eigenvalue weighted by atomic mass is 35.5. The first-order valence-corrected chi connectivity index (χ1v) is 7.56. The molecule has 1 fully saturated rings. The summed E-state index contributed by atoms with van der Waals surface area (Å²) >= 11 is 0. The van der Waals surface area contributed by atoms with E-state index in [4.69, 9.17) is 0 Å². The van der Waals surface area contributed by atoms with Gasteiger partial charge in [-0.2, -0.15) is 0 Å². The number of hydrogen-bond acceptors (Lipinski definition) is 4. The van der Waals surface area contributed by atoms with Gasteiger partial charge in [-0.1, -0.05) is 6.92 Å². The molecule has 1 amide bonds. The fourth-order valence-electron chi connectivity index (χ4n) is 1.72. The molecule has 102 valence electrons. The van der Waals surface area contributed by atoms with E-state index in [0.29, 0.717) is 13.0 Å². The second-order valence-electron chi connectivity index (χ2n) is 4.14. The first-order chi connectivity index (χ1) is 7.55. The van der Waals surface area contributed by atoms with E-state index in [-0.39, 0.29) is 35.7 Å². The average Bonchev–Trinajstić information content (AvgIpc) is 2.58. The Labute approximate surface area is 109 Å². The van der Waals surface area contributed by atoms with Gasteiger partial charge in [0.25, 0.3) is 0 Å². The number of halogens is 1. The zero-order valence-corrected chi connectivity index (χ0v) is 11.7. The van der Waals surface area contributed by atoms with E-state index in [9.17, 15) is 13.2 Å². The van der Waals surface area contributed by atoms with E-state index in [0.717, 1.165) is 19.5 Å². The van der Waals surface area contributed by atoms with Gasteiger partial charge in [0, 0.05) is 13.1 Å². The van der Waals surface area contributed by atoms with Crippen molar-refractivity contribution in [3.63, 3.8) is 0 Å². The molecule has 1 atom stereocenters. The van der Waals surface area contributed by atoms with Crippen LogP contribution in [-0.2, 0) is 14.6 Å². The van der Waals surface area contributed by atoms with Gasteiger partial charge in [0.1, 0.15) is 0 Å². The summed E-state index contributed by atoms with van der Waals surface area (Å²) in [7, 11) is -2.96. The predicted molar refractivity (Wildman–Crippen MR) is 70.2 cm³/mol. The second-order valence-corrected chi connectivity index (χ2v) is 6.37. The molecule has 2 N–H and O–H groups in total. The first-order valence-electron chi connectivity index (χ1n) is 5.74. The molecule has 0 bridgehead atoms. The van der Waals surface area contributed by atoms with Crippen LogP contribution in [0.4, 0.5) is 0 Å². The standard InChI is InChI=1S/C10H20N2O3S.ClH/c1-2-4-11-5-6-12-10(13)9-3-7-16(14,15)8-9;/h9,11H,2-8H2,1H3,(H,12,13);1H. The van der Waals surface area contributed by atoms with Crippen molar-refractivity contribution < 1.29 is 13.2 Å². The molecular weight excluding hydrogens is 264 g/mol. The minimum absolute atomic E-state index is 0. The molecule has 7 heteroatoms. The molecule has 0 aromatic rings. The number of carbonyl (C=O) groups excluding carboxylic acids is 1. The SMILES string of the molecule is CCCNCCNC(=O)C1CCS(=O)(=O)C1.Cl. The highest BCUT2D eigenvalue weighted by molar-refractivity contribution is 7.91. The van der Waals surface area contributed by atoms with Gasteiger partial charge in [-0.15, -0.1) is 12.4 Å². The van der Waals surface area contributed by atoms with Gasteiger partial charge in [-0.3, -0.25) is 4.79 Å². The molecule has 0 radical (unpaired) electrons. The molecular formula is C10H21ClN2O3S. The van der Waals surface area contributed by atoms with Crippen LogP contribution in [0, 0.1) is 5.92 Å². The quantitative estimate of drug-likeness (QED) is 0.671. The Balaban J connectivity index is 0.00000256. The highest BCUT2D eigenvalue weighted by Gasteiger charge is 2.32. The summed E-state index contributed by atoms with van der Waals surface area (Å²) in [5.41, 5.74) is 0. The summed E-state index contributed by atoms with van der Waals surface area (Å²) in [6.45, 7) is 4.32. The fourth-order valence-corrected chi connectivity index (χ4v) is 3.46. The number of sulfone groups is 1. The third-order valence-corrected chi connectivity index (χ3v) is 4.40. The van der Waals surface area contributed by atoms with Crippen LogP contribution >= 0.6 is 12.4 Å². The van der Waals surface area contributed by atoms with Crippen molar-refractivity contribution in [2.45, 2.75) is 19.8 Å². The first kappa shape index (κ1) is 16.7. The zero-order chi connectivity index (χ0) is 12.0. The lowest BCUT2D eigenvalue weighted by Gasteiger charge is -2.09. The van der Waals surface area contributed by atoms with Crippen molar-refractivity contribution in [1.82, 2.24) is 10.6 Å². The third-order valence-electron chi connectivity index (χ3n) is 2.63. The van der Waals surface area contributed by atoms with E-state index >= 15 is 0 Å². The average molecular weight is 285 g/mol. The van der Waals surface area contributed by atoms with Crippen molar-refractivity contribution in [3.05, 3.63) is 0 Å². The fraction of sp³-hybridized carbons (Fsp3) is 0.900. The Kier molecular flexibility index (Phi) is 7.74. The van der Waals surface area contributed by atoms with Gasteiger partial charge >= 0.3 is 0 Å². The Morgan fingerprint density at radius 3 is 2.53 bits per heavy atom. The maximum absolute atomic E-state index is 11.6. The van der Waals surface area contributed by atoms with E-state index < -0.39 is 9.84 Å². The molecule has 1 saturated heterocycles. The summed E-state index contributed by atoms with van der Waals surface area (Å²) in [6.07, 6.45) is 1.53. The Morgan fingerprint density at radius 1 is 1.29 bits per heavy atom. The van der Waals surface area contributed by atoms with E-state index in [1.807, 2.05) is 0 Å². The largest absolute Gasteiger partial charge is 0.355 e. The summed E-state index contributed by atoms with van der Waals surface area (Å²) < 4.78 is 22.3. The molecule has 0 spiro atoms. The van der Waals surface area contributed by atoms with Crippen molar-refractivity contribution in [1.29, 1.82) is 0 Å². The van der Waals surface area contributed by atoms with E-state index in [1.165, 1.54) is 0 Å². The smallest absolute Gasteiger partial charge is 0.224 e. The van der Waals surface area contributed by atoms with Crippen molar-refractivity contribution in [2.24, 2.45) is 5.92 Å². The van der Waals surface area contributed by atoms with E-state index in [1.54, 1.807) is 0 Å². The minimum atomic E-state index is -2.96. The van der Waals surface area contributed by atoms with Crippen LogP contribution in [0.3, 0.4) is 0 Å².